The van der Waals surface area contributed by atoms with E-state index in [1.54, 1.807) is 24.4 Å². The van der Waals surface area contributed by atoms with E-state index in [0.29, 0.717) is 48.9 Å². The van der Waals surface area contributed by atoms with E-state index in [-0.39, 0.29) is 11.7 Å². The van der Waals surface area contributed by atoms with Crippen molar-refractivity contribution in [3.05, 3.63) is 76.7 Å². The third-order valence-electron chi connectivity index (χ3n) is 4.98. The number of nitrogens with zero attached hydrogens (tertiary/aromatic N) is 3. The summed E-state index contributed by atoms with van der Waals surface area (Å²) in [5, 5.41) is 1.31. The normalized spacial score (nSPS) is 15.3. The van der Waals surface area contributed by atoms with Crippen LogP contribution in [0.1, 0.15) is 15.9 Å². The van der Waals surface area contributed by atoms with Crippen LogP contribution in [-0.2, 0) is 6.54 Å². The quantitative estimate of drug-likeness (QED) is 0.686. The molecule has 1 aromatic heterocycles. The Morgan fingerprint density at radius 2 is 1.81 bits per heavy atom. The molecule has 1 fully saturated rings. The number of pyridine rings is 1. The summed E-state index contributed by atoms with van der Waals surface area (Å²) in [6, 6.07) is 14.2. The van der Waals surface area contributed by atoms with Crippen LogP contribution in [0, 0.1) is 5.82 Å². The Morgan fingerprint density at radius 3 is 2.59 bits per heavy atom. The molecule has 2 heterocycles. The number of carbonyl (C=O) groups excluding carboxylic acids is 1. The minimum Gasteiger partial charge on any atom is -0.336 e. The Kier molecular flexibility index (Phi) is 5.05. The molecule has 27 heavy (non-hydrogen) atoms. The second-order valence-electron chi connectivity index (χ2n) is 6.64. The number of hydrogen-bond donors (Lipinski definition) is 0. The minimum absolute atomic E-state index is 0.0113. The van der Waals surface area contributed by atoms with Gasteiger partial charge in [0.05, 0.1) is 11.1 Å². The maximum absolute atomic E-state index is 14.0. The molecule has 1 saturated heterocycles. The van der Waals surface area contributed by atoms with Crippen LogP contribution in [0.2, 0.25) is 5.02 Å². The van der Waals surface area contributed by atoms with Crippen LogP contribution in [-0.4, -0.2) is 46.9 Å². The van der Waals surface area contributed by atoms with Gasteiger partial charge < -0.3 is 4.90 Å². The molecule has 0 unspecified atom stereocenters. The highest BCUT2D eigenvalue weighted by molar-refractivity contribution is 6.31. The number of hydrogen-bond acceptors (Lipinski definition) is 3. The number of piperazine rings is 1. The minimum atomic E-state index is -0.288. The summed E-state index contributed by atoms with van der Waals surface area (Å²) < 4.78 is 14.0. The van der Waals surface area contributed by atoms with Gasteiger partial charge in [-0.25, -0.2) is 4.39 Å². The van der Waals surface area contributed by atoms with E-state index in [9.17, 15) is 9.18 Å². The molecule has 0 spiro atoms. The monoisotopic (exact) mass is 383 g/mol. The molecule has 6 heteroatoms. The Bertz CT molecular complexity index is 961. The van der Waals surface area contributed by atoms with Gasteiger partial charge in [0, 0.05) is 54.9 Å². The van der Waals surface area contributed by atoms with Crippen LogP contribution in [0.5, 0.6) is 0 Å². The number of amides is 1. The van der Waals surface area contributed by atoms with Gasteiger partial charge in [-0.15, -0.1) is 0 Å². The highest BCUT2D eigenvalue weighted by Gasteiger charge is 2.24. The summed E-state index contributed by atoms with van der Waals surface area (Å²) in [5.74, 6) is -0.276. The zero-order valence-electron chi connectivity index (χ0n) is 14.7. The lowest BCUT2D eigenvalue weighted by Crippen LogP contribution is -2.48. The number of rotatable bonds is 3. The molecule has 4 nitrogen and oxygen atoms in total. The SMILES string of the molecule is O=C(c1ccnc2ccccc12)N1CCN(Cc2c(F)cccc2Cl)CC1. The summed E-state index contributed by atoms with van der Waals surface area (Å²) >= 11 is 6.13. The zero-order valence-corrected chi connectivity index (χ0v) is 15.5. The van der Waals surface area contributed by atoms with Crippen molar-refractivity contribution in [2.45, 2.75) is 6.54 Å². The summed E-state index contributed by atoms with van der Waals surface area (Å²) in [6.45, 7) is 3.01. The first-order valence-electron chi connectivity index (χ1n) is 8.92. The summed E-state index contributed by atoms with van der Waals surface area (Å²) in [6.07, 6.45) is 1.67. The van der Waals surface area contributed by atoms with Crippen molar-refractivity contribution in [2.24, 2.45) is 0 Å². The van der Waals surface area contributed by atoms with E-state index in [2.05, 4.69) is 9.88 Å². The van der Waals surface area contributed by atoms with Crippen LogP contribution in [0.15, 0.2) is 54.7 Å². The van der Waals surface area contributed by atoms with E-state index in [4.69, 9.17) is 11.6 Å². The van der Waals surface area contributed by atoms with E-state index < -0.39 is 0 Å². The van der Waals surface area contributed by atoms with Gasteiger partial charge in [0.2, 0.25) is 0 Å². The van der Waals surface area contributed by atoms with Crippen LogP contribution < -0.4 is 0 Å². The maximum Gasteiger partial charge on any atom is 0.254 e. The number of aromatic nitrogens is 1. The van der Waals surface area contributed by atoms with Crippen molar-refractivity contribution in [1.29, 1.82) is 0 Å². The predicted molar refractivity (Wildman–Crippen MR) is 104 cm³/mol. The van der Waals surface area contributed by atoms with Gasteiger partial charge in [-0.3, -0.25) is 14.7 Å². The van der Waals surface area contributed by atoms with Crippen molar-refractivity contribution < 1.29 is 9.18 Å². The number of para-hydroxylation sites is 1. The van der Waals surface area contributed by atoms with Crippen molar-refractivity contribution in [2.75, 3.05) is 26.2 Å². The molecule has 4 rings (SSSR count). The molecule has 0 saturated carbocycles. The third-order valence-corrected chi connectivity index (χ3v) is 5.34. The Hall–Kier alpha value is -2.50. The molecule has 138 valence electrons. The van der Waals surface area contributed by atoms with Gasteiger partial charge in [-0.05, 0) is 24.3 Å². The average Bonchev–Trinajstić information content (AvgIpc) is 2.70. The maximum atomic E-state index is 14.0. The topological polar surface area (TPSA) is 36.4 Å². The lowest BCUT2D eigenvalue weighted by Gasteiger charge is -2.35. The molecular formula is C21H19ClFN3O. The number of carbonyl (C=O) groups is 1. The van der Waals surface area contributed by atoms with Gasteiger partial charge in [0.25, 0.3) is 5.91 Å². The van der Waals surface area contributed by atoms with Gasteiger partial charge >= 0.3 is 0 Å². The lowest BCUT2D eigenvalue weighted by atomic mass is 10.1. The molecule has 3 aromatic rings. The first kappa shape index (κ1) is 17.9. The fourth-order valence-corrected chi connectivity index (χ4v) is 3.69. The van der Waals surface area contributed by atoms with Crippen molar-refractivity contribution in [3.63, 3.8) is 0 Å². The molecule has 0 bridgehead atoms. The fourth-order valence-electron chi connectivity index (χ4n) is 3.47. The predicted octanol–water partition coefficient (Wildman–Crippen LogP) is 3.99. The molecule has 1 aliphatic rings. The summed E-state index contributed by atoms with van der Waals surface area (Å²) in [5.41, 5.74) is 2.00. The molecule has 1 aliphatic heterocycles. The van der Waals surface area contributed by atoms with E-state index in [1.165, 1.54) is 6.07 Å². The third kappa shape index (κ3) is 3.66. The molecule has 2 aromatic carbocycles. The lowest BCUT2D eigenvalue weighted by molar-refractivity contribution is 0.0629. The largest absolute Gasteiger partial charge is 0.336 e. The van der Waals surface area contributed by atoms with Gasteiger partial charge in [0.15, 0.2) is 0 Å². The number of fused-ring (bicyclic) bond motifs is 1. The molecule has 0 aliphatic carbocycles. The van der Waals surface area contributed by atoms with Crippen LogP contribution >= 0.6 is 11.6 Å². The molecule has 0 radical (unpaired) electrons. The number of halogens is 2. The second kappa shape index (κ2) is 7.62. The highest BCUT2D eigenvalue weighted by Crippen LogP contribution is 2.22. The van der Waals surface area contributed by atoms with Gasteiger partial charge in [-0.1, -0.05) is 35.9 Å². The van der Waals surface area contributed by atoms with Gasteiger partial charge in [-0.2, -0.15) is 0 Å². The molecule has 0 N–H and O–H groups in total. The van der Waals surface area contributed by atoms with Crippen molar-refractivity contribution in [1.82, 2.24) is 14.8 Å². The first-order valence-corrected chi connectivity index (χ1v) is 9.29. The Morgan fingerprint density at radius 1 is 1.04 bits per heavy atom. The van der Waals surface area contributed by atoms with Gasteiger partial charge in [0.1, 0.15) is 5.82 Å². The highest BCUT2D eigenvalue weighted by atomic mass is 35.5. The molecule has 1 amide bonds. The van der Waals surface area contributed by atoms with E-state index in [0.717, 1.165) is 10.9 Å². The Labute approximate surface area is 162 Å². The van der Waals surface area contributed by atoms with Crippen LogP contribution in [0.4, 0.5) is 4.39 Å². The molecular weight excluding hydrogens is 365 g/mol. The first-order chi connectivity index (χ1) is 13.1. The zero-order chi connectivity index (χ0) is 18.8. The summed E-state index contributed by atoms with van der Waals surface area (Å²) in [7, 11) is 0. The van der Waals surface area contributed by atoms with Crippen LogP contribution in [0.3, 0.4) is 0 Å². The fraction of sp³-hybridized carbons (Fsp3) is 0.238. The standard InChI is InChI=1S/C21H19ClFN3O/c22-18-5-3-6-19(23)17(18)14-25-10-12-26(13-11-25)21(27)16-8-9-24-20-7-2-1-4-15(16)20/h1-9H,10-14H2. The summed E-state index contributed by atoms with van der Waals surface area (Å²) in [4.78, 5) is 21.3. The average molecular weight is 384 g/mol. The smallest absolute Gasteiger partial charge is 0.254 e. The van der Waals surface area contributed by atoms with Crippen molar-refractivity contribution >= 4 is 28.4 Å². The van der Waals surface area contributed by atoms with E-state index >= 15 is 0 Å². The Balaban J connectivity index is 1.45. The van der Waals surface area contributed by atoms with E-state index in [1.807, 2.05) is 29.2 Å². The van der Waals surface area contributed by atoms with Crippen LogP contribution in [0.25, 0.3) is 10.9 Å². The van der Waals surface area contributed by atoms with Crippen molar-refractivity contribution in [3.8, 4) is 0 Å². The second-order valence-corrected chi connectivity index (χ2v) is 7.05. The molecule has 0 atom stereocenters. The number of benzene rings is 2.